The van der Waals surface area contributed by atoms with Crippen molar-refractivity contribution in [1.29, 1.82) is 0 Å². The van der Waals surface area contributed by atoms with Crippen LogP contribution >= 0.6 is 0 Å². The third-order valence-electron chi connectivity index (χ3n) is 0.510. The summed E-state index contributed by atoms with van der Waals surface area (Å²) >= 11 is 0. The van der Waals surface area contributed by atoms with Crippen LogP contribution in [0.5, 0.6) is 0 Å². The topological polar surface area (TPSA) is 88.5 Å². The molecule has 0 bridgehead atoms. The summed E-state index contributed by atoms with van der Waals surface area (Å²) in [4.78, 5) is 9.86. The molecule has 0 spiro atoms. The highest BCUT2D eigenvalue weighted by Gasteiger charge is 2.13. The Balaban J connectivity index is 2.64. The third-order valence-corrected chi connectivity index (χ3v) is 0.510. The first kappa shape index (κ1) is 4.69. The lowest BCUT2D eigenvalue weighted by Crippen LogP contribution is -2.17. The minimum Gasteiger partial charge on any atom is -0.475 e. The molecule has 0 atom stereocenters. The largest absolute Gasteiger partial charge is 0.475 e. The van der Waals surface area contributed by atoms with Crippen molar-refractivity contribution in [3.8, 4) is 0 Å². The number of carboxylic acids is 1. The molecular formula is C2HN4O2. The van der Waals surface area contributed by atoms with E-state index in [1.807, 2.05) is 0 Å². The maximum Gasteiger partial charge on any atom is 0.377 e. The van der Waals surface area contributed by atoms with Crippen molar-refractivity contribution in [1.82, 2.24) is 5.43 Å². The number of amidine groups is 1. The van der Waals surface area contributed by atoms with Crippen LogP contribution in [0.4, 0.5) is 0 Å². The van der Waals surface area contributed by atoms with Crippen LogP contribution in [-0.2, 0) is 4.79 Å². The Labute approximate surface area is 43.9 Å². The molecule has 0 fully saturated rings. The molecule has 0 saturated heterocycles. The van der Waals surface area contributed by atoms with Crippen LogP contribution in [0.3, 0.4) is 0 Å². The van der Waals surface area contributed by atoms with E-state index in [2.05, 4.69) is 21.0 Å². The van der Waals surface area contributed by atoms with Gasteiger partial charge in [-0.1, -0.05) is 10.5 Å². The minimum atomic E-state index is -1.21. The molecule has 0 aromatic carbocycles. The van der Waals surface area contributed by atoms with E-state index in [1.165, 1.54) is 0 Å². The molecule has 0 unspecified atom stereocenters. The van der Waals surface area contributed by atoms with E-state index in [4.69, 9.17) is 5.11 Å². The summed E-state index contributed by atoms with van der Waals surface area (Å²) in [5, 5.41) is 17.0. The summed E-state index contributed by atoms with van der Waals surface area (Å²) in [5.74, 6) is -1.58. The zero-order valence-corrected chi connectivity index (χ0v) is 3.64. The molecule has 0 aromatic rings. The Morgan fingerprint density at radius 1 is 1.50 bits per heavy atom. The highest BCUT2D eigenvalue weighted by Crippen LogP contribution is 1.88. The van der Waals surface area contributed by atoms with Crippen molar-refractivity contribution in [3.05, 3.63) is 0 Å². The Kier molecular flexibility index (Phi) is 0.918. The lowest BCUT2D eigenvalue weighted by molar-refractivity contribution is -0.129. The molecule has 1 heterocycles. The second kappa shape index (κ2) is 1.57. The molecule has 1 radical (unpaired) electrons. The fourth-order valence-electron chi connectivity index (χ4n) is 0.230. The molecule has 1 aliphatic rings. The summed E-state index contributed by atoms with van der Waals surface area (Å²) in [7, 11) is 0. The number of nitrogens with zero attached hydrogens (tertiary/aromatic N) is 4. The van der Waals surface area contributed by atoms with Crippen LogP contribution in [0, 0.1) is 0 Å². The normalized spacial score (nSPS) is 15.2. The lowest BCUT2D eigenvalue weighted by atomic mass is 10.6. The number of carboxylic acid groups (broad SMARTS) is 1. The number of hydrogen-bond acceptors (Lipinski definition) is 4. The van der Waals surface area contributed by atoms with Gasteiger partial charge in [-0.2, -0.15) is 0 Å². The maximum absolute atomic E-state index is 9.86. The molecule has 1 aliphatic heterocycles. The zero-order chi connectivity index (χ0) is 5.98. The van der Waals surface area contributed by atoms with Crippen LogP contribution in [0.1, 0.15) is 0 Å². The minimum absolute atomic E-state index is 0.370. The van der Waals surface area contributed by atoms with Gasteiger partial charge in [0, 0.05) is 0 Å². The fraction of sp³-hybridized carbons (Fsp3) is 0. The van der Waals surface area contributed by atoms with Crippen molar-refractivity contribution >= 4 is 11.8 Å². The van der Waals surface area contributed by atoms with E-state index in [9.17, 15) is 4.79 Å². The van der Waals surface area contributed by atoms with Gasteiger partial charge in [-0.25, -0.2) is 4.79 Å². The van der Waals surface area contributed by atoms with E-state index in [0.717, 1.165) is 0 Å². The summed E-state index contributed by atoms with van der Waals surface area (Å²) in [6.07, 6.45) is 0. The molecule has 1 N–H and O–H groups in total. The van der Waals surface area contributed by atoms with Gasteiger partial charge in [0.1, 0.15) is 0 Å². The predicted octanol–water partition coefficient (Wildman–Crippen LogP) is -0.630. The Morgan fingerprint density at radius 3 is 2.50 bits per heavy atom. The summed E-state index contributed by atoms with van der Waals surface area (Å²) < 4.78 is 0. The van der Waals surface area contributed by atoms with Crippen LogP contribution < -0.4 is 5.43 Å². The predicted molar refractivity (Wildman–Crippen MR) is 22.1 cm³/mol. The van der Waals surface area contributed by atoms with Gasteiger partial charge >= 0.3 is 5.97 Å². The van der Waals surface area contributed by atoms with Gasteiger partial charge in [0.25, 0.3) is 5.84 Å². The smallest absolute Gasteiger partial charge is 0.377 e. The molecule has 8 heavy (non-hydrogen) atoms. The molecule has 0 aromatic heterocycles. The van der Waals surface area contributed by atoms with Gasteiger partial charge in [0.05, 0.1) is 0 Å². The van der Waals surface area contributed by atoms with E-state index in [1.54, 1.807) is 0 Å². The van der Waals surface area contributed by atoms with E-state index >= 15 is 0 Å². The first-order chi connectivity index (χ1) is 3.80. The van der Waals surface area contributed by atoms with E-state index in [-0.39, 0.29) is 5.84 Å². The highest BCUT2D eigenvalue weighted by molar-refractivity contribution is 6.34. The van der Waals surface area contributed by atoms with Gasteiger partial charge in [-0.3, -0.25) is 0 Å². The molecule has 6 heteroatoms. The standard InChI is InChI=1S/C2HN4O2/c7-2(8)1-3-5-6-4-1/h(H,7,8). The van der Waals surface area contributed by atoms with E-state index in [0.29, 0.717) is 0 Å². The lowest BCUT2D eigenvalue weighted by Gasteiger charge is -1.80. The monoisotopic (exact) mass is 113 g/mol. The van der Waals surface area contributed by atoms with Crippen molar-refractivity contribution in [2.24, 2.45) is 15.5 Å². The molecule has 0 saturated carbocycles. The van der Waals surface area contributed by atoms with Crippen LogP contribution in [0.15, 0.2) is 15.5 Å². The number of hydrogen-bond donors (Lipinski definition) is 1. The molecule has 41 valence electrons. The van der Waals surface area contributed by atoms with Gasteiger partial charge < -0.3 is 5.11 Å². The molecular weight excluding hydrogens is 112 g/mol. The number of aliphatic carboxylic acids is 1. The number of carbonyl (C=O) groups is 1. The molecule has 0 aliphatic carbocycles. The molecule has 6 nitrogen and oxygen atoms in total. The quantitative estimate of drug-likeness (QED) is 0.490. The van der Waals surface area contributed by atoms with E-state index < -0.39 is 5.97 Å². The Morgan fingerprint density at radius 2 is 2.25 bits per heavy atom. The zero-order valence-electron chi connectivity index (χ0n) is 3.64. The fourth-order valence-corrected chi connectivity index (χ4v) is 0.230. The SMILES string of the molecule is O=C(O)C1=NN=N[N]1. The summed E-state index contributed by atoms with van der Waals surface area (Å²) in [6, 6.07) is 0. The van der Waals surface area contributed by atoms with Gasteiger partial charge in [-0.05, 0) is 10.4 Å². The average Bonchev–Trinajstić information content (AvgIpc) is 2.12. The maximum atomic E-state index is 9.86. The second-order valence-corrected chi connectivity index (χ2v) is 1.01. The van der Waals surface area contributed by atoms with Crippen molar-refractivity contribution in [2.75, 3.05) is 0 Å². The van der Waals surface area contributed by atoms with Gasteiger partial charge in [0.2, 0.25) is 0 Å². The summed E-state index contributed by atoms with van der Waals surface area (Å²) in [5.41, 5.74) is 3.04. The van der Waals surface area contributed by atoms with Crippen molar-refractivity contribution in [3.63, 3.8) is 0 Å². The Hall–Kier alpha value is -1.46. The molecule has 1 rings (SSSR count). The first-order valence-corrected chi connectivity index (χ1v) is 1.72. The van der Waals surface area contributed by atoms with Crippen LogP contribution in [-0.4, -0.2) is 16.9 Å². The van der Waals surface area contributed by atoms with Gasteiger partial charge in [0.15, 0.2) is 0 Å². The summed E-state index contributed by atoms with van der Waals surface area (Å²) in [6.45, 7) is 0. The number of rotatable bonds is 1. The first-order valence-electron chi connectivity index (χ1n) is 1.72. The second-order valence-electron chi connectivity index (χ2n) is 1.01. The highest BCUT2D eigenvalue weighted by atomic mass is 16.4. The third kappa shape index (κ3) is 0.625. The Bertz CT molecular complexity index is 171. The van der Waals surface area contributed by atoms with Gasteiger partial charge in [-0.15, -0.1) is 0 Å². The average molecular weight is 113 g/mol. The molecule has 0 amide bonds. The van der Waals surface area contributed by atoms with Crippen LogP contribution in [0.25, 0.3) is 0 Å². The van der Waals surface area contributed by atoms with Crippen molar-refractivity contribution < 1.29 is 9.90 Å². The van der Waals surface area contributed by atoms with Crippen LogP contribution in [0.2, 0.25) is 0 Å². The van der Waals surface area contributed by atoms with Crippen molar-refractivity contribution in [2.45, 2.75) is 0 Å².